The highest BCUT2D eigenvalue weighted by Gasteiger charge is 1.99. The summed E-state index contributed by atoms with van der Waals surface area (Å²) in [4.78, 5) is 0. The molecule has 0 heteroatoms. The lowest BCUT2D eigenvalue weighted by molar-refractivity contribution is 0.441. The van der Waals surface area contributed by atoms with E-state index in [0.717, 1.165) is 23.7 Å². The van der Waals surface area contributed by atoms with Gasteiger partial charge < -0.3 is 0 Å². The van der Waals surface area contributed by atoms with Gasteiger partial charge in [0, 0.05) is 0 Å². The smallest absolute Gasteiger partial charge is 0.0445 e. The molecule has 0 nitrogen and oxygen atoms in total. The highest BCUT2D eigenvalue weighted by atomic mass is 14.1. The molecule has 1 unspecified atom stereocenters. The SMILES string of the molecule is CC.CC.CC(C)C.CCC(C)CCC(C)C.CCCC(C)C. The van der Waals surface area contributed by atoms with Crippen LogP contribution in [0.5, 0.6) is 0 Å². The van der Waals surface area contributed by atoms with Crippen LogP contribution in [0, 0.1) is 23.7 Å². The second-order valence-electron chi connectivity index (χ2n) is 7.40. The van der Waals surface area contributed by atoms with Gasteiger partial charge in [0.2, 0.25) is 0 Å². The lowest BCUT2D eigenvalue weighted by atomic mass is 9.98. The molecule has 0 heterocycles. The van der Waals surface area contributed by atoms with E-state index in [1.807, 2.05) is 27.7 Å². The van der Waals surface area contributed by atoms with Crippen LogP contribution in [0.2, 0.25) is 0 Å². The maximum absolute atomic E-state index is 2.34. The quantitative estimate of drug-likeness (QED) is 0.454. The number of rotatable bonds is 6. The summed E-state index contributed by atoms with van der Waals surface area (Å²) in [6, 6.07) is 0. The van der Waals surface area contributed by atoms with E-state index in [0.29, 0.717) is 0 Å². The van der Waals surface area contributed by atoms with Crippen LogP contribution in [-0.2, 0) is 0 Å². The molecule has 0 bridgehead atoms. The van der Waals surface area contributed by atoms with Gasteiger partial charge >= 0.3 is 0 Å². The van der Waals surface area contributed by atoms with Crippen molar-refractivity contribution in [2.75, 3.05) is 0 Å². The van der Waals surface area contributed by atoms with Crippen molar-refractivity contribution in [3.63, 3.8) is 0 Å². The molecule has 23 heavy (non-hydrogen) atoms. The standard InChI is InChI=1S/C9H20.C6H14.C4H10.2C2H6/c1-5-9(4)7-6-8(2)3;1-4-5-6(2)3;1-4(2)3;2*1-2/h8-9H,5-7H2,1-4H3;6H,4-5H2,1-3H3;4H,1-3H3;2*1-2H3. The summed E-state index contributed by atoms with van der Waals surface area (Å²) in [5, 5.41) is 0. The van der Waals surface area contributed by atoms with Crippen LogP contribution in [0.1, 0.15) is 129 Å². The van der Waals surface area contributed by atoms with Crippen LogP contribution in [0.3, 0.4) is 0 Å². The zero-order valence-corrected chi connectivity index (χ0v) is 19.8. The summed E-state index contributed by atoms with van der Waals surface area (Å²) in [7, 11) is 0. The van der Waals surface area contributed by atoms with Crippen LogP contribution >= 0.6 is 0 Å². The molecule has 0 aromatic carbocycles. The van der Waals surface area contributed by atoms with Crippen molar-refractivity contribution in [2.45, 2.75) is 129 Å². The predicted molar refractivity (Wildman–Crippen MR) is 116 cm³/mol. The van der Waals surface area contributed by atoms with Crippen LogP contribution in [0.25, 0.3) is 0 Å². The second-order valence-corrected chi connectivity index (χ2v) is 7.40. The summed E-state index contributed by atoms with van der Waals surface area (Å²) in [6.45, 7) is 30.4. The molecule has 0 radical (unpaired) electrons. The Labute approximate surface area is 153 Å². The minimum atomic E-state index is 0.833. The van der Waals surface area contributed by atoms with Crippen LogP contribution in [-0.4, -0.2) is 0 Å². The van der Waals surface area contributed by atoms with Crippen molar-refractivity contribution in [2.24, 2.45) is 23.7 Å². The van der Waals surface area contributed by atoms with E-state index in [9.17, 15) is 0 Å². The molecule has 0 spiro atoms. The third kappa shape index (κ3) is 88.0. The lowest BCUT2D eigenvalue weighted by Crippen LogP contribution is -1.95. The summed E-state index contributed by atoms with van der Waals surface area (Å²) < 4.78 is 0. The Morgan fingerprint density at radius 3 is 0.957 bits per heavy atom. The van der Waals surface area contributed by atoms with E-state index in [-0.39, 0.29) is 0 Å². The Bertz CT molecular complexity index is 130. The number of hydrogen-bond acceptors (Lipinski definition) is 0. The first-order chi connectivity index (χ1) is 10.7. The minimum absolute atomic E-state index is 0.833. The third-order valence-electron chi connectivity index (χ3n) is 2.80. The van der Waals surface area contributed by atoms with Crippen molar-refractivity contribution >= 4 is 0 Å². The van der Waals surface area contributed by atoms with Crippen molar-refractivity contribution < 1.29 is 0 Å². The Morgan fingerprint density at radius 2 is 0.826 bits per heavy atom. The average Bonchev–Trinajstić information content (AvgIpc) is 2.48. The molecular formula is C23H56. The molecule has 0 rings (SSSR count). The van der Waals surface area contributed by atoms with Crippen molar-refractivity contribution in [1.29, 1.82) is 0 Å². The zero-order valence-electron chi connectivity index (χ0n) is 19.8. The molecule has 0 aliphatic rings. The maximum atomic E-state index is 2.34. The van der Waals surface area contributed by atoms with Crippen molar-refractivity contribution in [3.05, 3.63) is 0 Å². The predicted octanol–water partition coefficient (Wildman–Crippen LogP) is 9.63. The van der Waals surface area contributed by atoms with Gasteiger partial charge in [-0.3, -0.25) is 0 Å². The first kappa shape index (κ1) is 34.4. The zero-order chi connectivity index (χ0) is 19.8. The Hall–Kier alpha value is 0. The van der Waals surface area contributed by atoms with E-state index in [1.165, 1.54) is 32.1 Å². The fourth-order valence-electron chi connectivity index (χ4n) is 1.40. The highest BCUT2D eigenvalue weighted by molar-refractivity contribution is 4.52. The lowest BCUT2D eigenvalue weighted by Gasteiger charge is -2.09. The molecule has 0 saturated heterocycles. The summed E-state index contributed by atoms with van der Waals surface area (Å²) in [5.41, 5.74) is 0. The molecule has 0 saturated carbocycles. The first-order valence-electron chi connectivity index (χ1n) is 10.7. The topological polar surface area (TPSA) is 0 Å². The van der Waals surface area contributed by atoms with Crippen LogP contribution in [0.4, 0.5) is 0 Å². The molecule has 0 aliphatic heterocycles. The fraction of sp³-hybridized carbons (Fsp3) is 1.00. The molecule has 0 amide bonds. The monoisotopic (exact) mass is 332 g/mol. The van der Waals surface area contributed by atoms with E-state index in [2.05, 4.69) is 69.2 Å². The van der Waals surface area contributed by atoms with Gasteiger partial charge in [-0.15, -0.1) is 0 Å². The van der Waals surface area contributed by atoms with Gasteiger partial charge in [0.05, 0.1) is 0 Å². The van der Waals surface area contributed by atoms with Crippen LogP contribution in [0.15, 0.2) is 0 Å². The average molecular weight is 333 g/mol. The van der Waals surface area contributed by atoms with Gasteiger partial charge in [-0.25, -0.2) is 0 Å². The Kier molecular flexibility index (Phi) is 50.1. The van der Waals surface area contributed by atoms with Crippen molar-refractivity contribution in [1.82, 2.24) is 0 Å². The molecule has 0 N–H and O–H groups in total. The molecular weight excluding hydrogens is 276 g/mol. The van der Waals surface area contributed by atoms with E-state index in [1.54, 1.807) is 0 Å². The van der Waals surface area contributed by atoms with Gasteiger partial charge in [-0.1, -0.05) is 129 Å². The summed E-state index contributed by atoms with van der Waals surface area (Å²) >= 11 is 0. The molecule has 0 aromatic rings. The van der Waals surface area contributed by atoms with Gasteiger partial charge in [0.25, 0.3) is 0 Å². The summed E-state index contributed by atoms with van der Waals surface area (Å²) in [6.07, 6.45) is 6.85. The first-order valence-corrected chi connectivity index (χ1v) is 10.7. The van der Waals surface area contributed by atoms with Crippen LogP contribution < -0.4 is 0 Å². The van der Waals surface area contributed by atoms with Gasteiger partial charge in [0.15, 0.2) is 0 Å². The largest absolute Gasteiger partial charge is 0.0683 e. The Balaban J connectivity index is -0.0000000671. The highest BCUT2D eigenvalue weighted by Crippen LogP contribution is 2.13. The molecule has 0 aromatic heterocycles. The minimum Gasteiger partial charge on any atom is -0.0683 e. The molecule has 0 aliphatic carbocycles. The van der Waals surface area contributed by atoms with E-state index < -0.39 is 0 Å². The van der Waals surface area contributed by atoms with E-state index in [4.69, 9.17) is 0 Å². The Morgan fingerprint density at radius 1 is 0.522 bits per heavy atom. The van der Waals surface area contributed by atoms with Gasteiger partial charge in [0.1, 0.15) is 0 Å². The summed E-state index contributed by atoms with van der Waals surface area (Å²) in [5.74, 6) is 3.56. The third-order valence-corrected chi connectivity index (χ3v) is 2.80. The van der Waals surface area contributed by atoms with Gasteiger partial charge in [-0.2, -0.15) is 0 Å². The van der Waals surface area contributed by atoms with Crippen molar-refractivity contribution in [3.8, 4) is 0 Å². The normalized spacial score (nSPS) is 10.3. The molecule has 1 atom stereocenters. The molecule has 0 fully saturated rings. The van der Waals surface area contributed by atoms with Gasteiger partial charge in [-0.05, 0) is 23.7 Å². The number of hydrogen-bond donors (Lipinski definition) is 0. The maximum Gasteiger partial charge on any atom is -0.0445 e. The second kappa shape index (κ2) is 33.6. The fourth-order valence-corrected chi connectivity index (χ4v) is 1.40. The molecule has 148 valence electrons. The van der Waals surface area contributed by atoms with E-state index >= 15 is 0 Å².